The van der Waals surface area contributed by atoms with E-state index >= 15 is 0 Å². The Morgan fingerprint density at radius 3 is 2.44 bits per heavy atom. The number of esters is 1. The lowest BCUT2D eigenvalue weighted by molar-refractivity contribution is -0.159. The summed E-state index contributed by atoms with van der Waals surface area (Å²) in [6, 6.07) is 0. The van der Waals surface area contributed by atoms with Gasteiger partial charge in [0.1, 0.15) is 6.10 Å². The minimum absolute atomic E-state index is 0.0999. The van der Waals surface area contributed by atoms with Crippen molar-refractivity contribution in [1.82, 2.24) is 0 Å². The fraction of sp³-hybridized carbons (Fsp3) is 0.870. The molecular weight excluding hydrogens is 308 g/mol. The number of hydrogen-bond donors (Lipinski definition) is 0. The molecule has 140 valence electrons. The maximum Gasteiger partial charge on any atom is 0.302 e. The zero-order valence-corrected chi connectivity index (χ0v) is 16.4. The minimum atomic E-state index is -0.0999. The van der Waals surface area contributed by atoms with E-state index in [-0.39, 0.29) is 12.1 Å². The third-order valence-corrected chi connectivity index (χ3v) is 9.31. The molecule has 0 aromatic carbocycles. The maximum atomic E-state index is 11.4. The molecule has 0 amide bonds. The van der Waals surface area contributed by atoms with Gasteiger partial charge in [-0.05, 0) is 98.2 Å². The average Bonchev–Trinajstić information content (AvgIpc) is 2.91. The molecule has 8 atom stereocenters. The molecule has 4 unspecified atom stereocenters. The van der Waals surface area contributed by atoms with Gasteiger partial charge >= 0.3 is 5.97 Å². The fourth-order valence-corrected chi connectivity index (χ4v) is 7.99. The number of hydrogen-bond acceptors (Lipinski definition) is 2. The minimum Gasteiger partial charge on any atom is -0.463 e. The van der Waals surface area contributed by atoms with E-state index in [2.05, 4.69) is 26.5 Å². The second kappa shape index (κ2) is 6.13. The zero-order chi connectivity index (χ0) is 17.8. The molecule has 4 saturated carbocycles. The Hall–Kier alpha value is -0.790. The van der Waals surface area contributed by atoms with Crippen molar-refractivity contribution in [2.24, 2.45) is 40.4 Å². The maximum absolute atomic E-state index is 11.4. The molecule has 4 rings (SSSR count). The predicted octanol–water partition coefficient (Wildman–Crippen LogP) is 5.76. The highest BCUT2D eigenvalue weighted by molar-refractivity contribution is 5.66. The van der Waals surface area contributed by atoms with E-state index < -0.39 is 0 Å². The molecule has 4 aliphatic carbocycles. The normalized spacial score (nSPS) is 51.8. The first-order chi connectivity index (χ1) is 11.9. The van der Waals surface area contributed by atoms with Gasteiger partial charge in [0.05, 0.1) is 0 Å². The van der Waals surface area contributed by atoms with Crippen LogP contribution in [0.15, 0.2) is 12.7 Å². The molecule has 4 fully saturated rings. The summed E-state index contributed by atoms with van der Waals surface area (Å²) in [5.74, 6) is 4.13. The first-order valence-electron chi connectivity index (χ1n) is 10.7. The number of carbonyl (C=O) groups excluding carboxylic acids is 1. The lowest BCUT2D eigenvalue weighted by atomic mass is 9.44. The lowest BCUT2D eigenvalue weighted by Crippen LogP contribution is -2.54. The number of allylic oxidation sites excluding steroid dienone is 1. The lowest BCUT2D eigenvalue weighted by Gasteiger charge is -2.61. The van der Waals surface area contributed by atoms with Gasteiger partial charge in [-0.25, -0.2) is 0 Å². The Bertz CT molecular complexity index is 554. The Morgan fingerprint density at radius 1 is 1.00 bits per heavy atom. The Kier molecular flexibility index (Phi) is 4.32. The van der Waals surface area contributed by atoms with Gasteiger partial charge in [-0.1, -0.05) is 19.9 Å². The van der Waals surface area contributed by atoms with Crippen molar-refractivity contribution in [1.29, 1.82) is 0 Å². The van der Waals surface area contributed by atoms with Crippen LogP contribution < -0.4 is 0 Å². The number of rotatable bonds is 2. The van der Waals surface area contributed by atoms with Crippen molar-refractivity contribution >= 4 is 5.97 Å². The second-order valence-corrected chi connectivity index (χ2v) is 10.1. The highest BCUT2D eigenvalue weighted by Gasteiger charge is 2.59. The molecule has 0 aliphatic heterocycles. The van der Waals surface area contributed by atoms with E-state index in [9.17, 15) is 4.79 Å². The summed E-state index contributed by atoms with van der Waals surface area (Å²) in [5.41, 5.74) is 0.994. The third kappa shape index (κ3) is 2.61. The van der Waals surface area contributed by atoms with Gasteiger partial charge in [0.25, 0.3) is 0 Å². The van der Waals surface area contributed by atoms with Crippen LogP contribution in [0.2, 0.25) is 0 Å². The topological polar surface area (TPSA) is 26.3 Å². The van der Waals surface area contributed by atoms with E-state index in [1.807, 2.05) is 0 Å². The first-order valence-corrected chi connectivity index (χ1v) is 10.7. The molecule has 0 saturated heterocycles. The highest BCUT2D eigenvalue weighted by atomic mass is 16.5. The molecular formula is C23H36O2. The summed E-state index contributed by atoms with van der Waals surface area (Å²) in [5, 5.41) is 0. The highest BCUT2D eigenvalue weighted by Crippen LogP contribution is 2.67. The summed E-state index contributed by atoms with van der Waals surface area (Å²) in [4.78, 5) is 11.4. The molecule has 0 spiro atoms. The summed E-state index contributed by atoms with van der Waals surface area (Å²) < 4.78 is 5.59. The van der Waals surface area contributed by atoms with Crippen molar-refractivity contribution < 1.29 is 9.53 Å². The molecule has 0 heterocycles. The van der Waals surface area contributed by atoms with Crippen LogP contribution in [0.5, 0.6) is 0 Å². The van der Waals surface area contributed by atoms with Gasteiger partial charge in [-0.15, -0.1) is 6.58 Å². The summed E-state index contributed by atoms with van der Waals surface area (Å²) in [7, 11) is 0. The van der Waals surface area contributed by atoms with E-state index in [0.29, 0.717) is 10.8 Å². The number of carbonyl (C=O) groups is 1. The van der Waals surface area contributed by atoms with E-state index in [1.165, 1.54) is 44.9 Å². The van der Waals surface area contributed by atoms with Crippen LogP contribution in [-0.4, -0.2) is 12.1 Å². The van der Waals surface area contributed by atoms with Crippen LogP contribution in [-0.2, 0) is 9.53 Å². The van der Waals surface area contributed by atoms with Crippen molar-refractivity contribution in [2.45, 2.75) is 84.7 Å². The van der Waals surface area contributed by atoms with Crippen LogP contribution in [0.25, 0.3) is 0 Å². The Labute approximate surface area is 153 Å². The van der Waals surface area contributed by atoms with Crippen LogP contribution in [0.1, 0.15) is 78.6 Å². The molecule has 0 N–H and O–H groups in total. The van der Waals surface area contributed by atoms with Gasteiger partial charge in [0.15, 0.2) is 0 Å². The number of fused-ring (bicyclic) bond motifs is 5. The molecule has 2 heteroatoms. The van der Waals surface area contributed by atoms with Crippen molar-refractivity contribution in [3.05, 3.63) is 12.7 Å². The molecule has 0 radical (unpaired) electrons. The second-order valence-electron chi connectivity index (χ2n) is 10.1. The van der Waals surface area contributed by atoms with E-state index in [1.54, 1.807) is 6.92 Å². The van der Waals surface area contributed by atoms with E-state index in [4.69, 9.17) is 4.74 Å². The molecule has 0 aromatic rings. The summed E-state index contributed by atoms with van der Waals surface area (Å²) >= 11 is 0. The van der Waals surface area contributed by atoms with Gasteiger partial charge in [0, 0.05) is 6.92 Å². The molecule has 0 aromatic heterocycles. The molecule has 0 bridgehead atoms. The molecule has 25 heavy (non-hydrogen) atoms. The van der Waals surface area contributed by atoms with Crippen molar-refractivity contribution in [3.63, 3.8) is 0 Å². The SMILES string of the molecule is C=C[C@H]1CCC2C3CC[C@H]4CC(OC(C)=O)CC[C@]4(C)C3CC[C@@]21C. The number of ether oxygens (including phenoxy) is 1. The molecule has 4 aliphatic rings. The zero-order valence-electron chi connectivity index (χ0n) is 16.4. The monoisotopic (exact) mass is 344 g/mol. The Morgan fingerprint density at radius 2 is 1.72 bits per heavy atom. The average molecular weight is 345 g/mol. The van der Waals surface area contributed by atoms with Gasteiger partial charge in [0.2, 0.25) is 0 Å². The van der Waals surface area contributed by atoms with Crippen LogP contribution in [0.4, 0.5) is 0 Å². The van der Waals surface area contributed by atoms with Crippen molar-refractivity contribution in [2.75, 3.05) is 0 Å². The summed E-state index contributed by atoms with van der Waals surface area (Å²) in [6.07, 6.45) is 14.2. The Balaban J connectivity index is 1.53. The van der Waals surface area contributed by atoms with Gasteiger partial charge < -0.3 is 4.74 Å². The molecule has 2 nitrogen and oxygen atoms in total. The third-order valence-electron chi connectivity index (χ3n) is 9.31. The van der Waals surface area contributed by atoms with Gasteiger partial charge in [-0.2, -0.15) is 0 Å². The standard InChI is InChI=1S/C23H36O2/c1-5-16-7-9-20-19-8-6-17-14-18(25-15(2)24)10-12-23(17,4)21(19)11-13-22(16,20)3/h5,16-21H,1,6-14H2,2-4H3/t16-,17-,18?,19?,20?,21?,22+,23-/m0/s1. The first kappa shape index (κ1) is 17.6. The van der Waals surface area contributed by atoms with Gasteiger partial charge in [-0.3, -0.25) is 4.79 Å². The van der Waals surface area contributed by atoms with Crippen molar-refractivity contribution in [3.8, 4) is 0 Å². The van der Waals surface area contributed by atoms with E-state index in [0.717, 1.165) is 42.4 Å². The summed E-state index contributed by atoms with van der Waals surface area (Å²) in [6.45, 7) is 10.9. The largest absolute Gasteiger partial charge is 0.463 e. The smallest absolute Gasteiger partial charge is 0.302 e. The fourth-order valence-electron chi connectivity index (χ4n) is 7.99. The predicted molar refractivity (Wildman–Crippen MR) is 101 cm³/mol. The quantitative estimate of drug-likeness (QED) is 0.470. The van der Waals surface area contributed by atoms with Crippen LogP contribution >= 0.6 is 0 Å². The van der Waals surface area contributed by atoms with Crippen LogP contribution in [0.3, 0.4) is 0 Å². The van der Waals surface area contributed by atoms with Crippen LogP contribution in [0, 0.1) is 40.4 Å².